The van der Waals surface area contributed by atoms with Gasteiger partial charge in [-0.25, -0.2) is 4.39 Å². The van der Waals surface area contributed by atoms with E-state index < -0.39 is 10.8 Å². The van der Waals surface area contributed by atoms with E-state index in [0.717, 1.165) is 5.56 Å². The highest BCUT2D eigenvalue weighted by Crippen LogP contribution is 2.29. The molecule has 0 aliphatic carbocycles. The van der Waals surface area contributed by atoms with E-state index in [0.29, 0.717) is 30.3 Å². The highest BCUT2D eigenvalue weighted by molar-refractivity contribution is 7.85. The third-order valence-electron chi connectivity index (χ3n) is 3.00. The molecule has 0 spiro atoms. The predicted octanol–water partition coefficient (Wildman–Crippen LogP) is 1.41. The van der Waals surface area contributed by atoms with E-state index >= 15 is 0 Å². The molecule has 1 aliphatic heterocycles. The van der Waals surface area contributed by atoms with Crippen LogP contribution in [0.25, 0.3) is 0 Å². The molecular formula is C12H17FN2OS. The Morgan fingerprint density at radius 2 is 2.06 bits per heavy atom. The molecule has 0 aromatic heterocycles. The fourth-order valence-electron chi connectivity index (χ4n) is 2.09. The number of rotatable bonds is 2. The van der Waals surface area contributed by atoms with E-state index in [9.17, 15) is 8.60 Å². The standard InChI is InChI=1S/C12H17FN2OS/c1-9(14)10-3-2-4-11(13)12(10)15-5-7-17(16)8-6-15/h2-4,9H,5-8,14H2,1H3/t9-/m0/s1. The van der Waals surface area contributed by atoms with Crippen LogP contribution in [0.1, 0.15) is 18.5 Å². The summed E-state index contributed by atoms with van der Waals surface area (Å²) >= 11 is 0. The summed E-state index contributed by atoms with van der Waals surface area (Å²) in [5.74, 6) is 0.965. The van der Waals surface area contributed by atoms with Gasteiger partial charge in [-0.3, -0.25) is 4.21 Å². The molecule has 1 atom stereocenters. The molecule has 1 heterocycles. The summed E-state index contributed by atoms with van der Waals surface area (Å²) in [6, 6.07) is 4.79. The molecule has 94 valence electrons. The molecule has 1 saturated heterocycles. The second-order valence-electron chi connectivity index (χ2n) is 4.30. The first-order chi connectivity index (χ1) is 8.09. The number of hydrogen-bond donors (Lipinski definition) is 1. The lowest BCUT2D eigenvalue weighted by Gasteiger charge is -2.31. The summed E-state index contributed by atoms with van der Waals surface area (Å²) in [5.41, 5.74) is 7.26. The highest BCUT2D eigenvalue weighted by atomic mass is 32.2. The van der Waals surface area contributed by atoms with Crippen molar-refractivity contribution in [3.63, 3.8) is 0 Å². The lowest BCUT2D eigenvalue weighted by atomic mass is 10.1. The second-order valence-corrected chi connectivity index (χ2v) is 6.00. The van der Waals surface area contributed by atoms with Gasteiger partial charge in [-0.2, -0.15) is 0 Å². The summed E-state index contributed by atoms with van der Waals surface area (Å²) in [6.07, 6.45) is 0. The van der Waals surface area contributed by atoms with Crippen molar-refractivity contribution in [1.29, 1.82) is 0 Å². The van der Waals surface area contributed by atoms with E-state index in [2.05, 4.69) is 0 Å². The van der Waals surface area contributed by atoms with Gasteiger partial charge in [-0.15, -0.1) is 0 Å². The van der Waals surface area contributed by atoms with Crippen LogP contribution >= 0.6 is 0 Å². The Labute approximate surface area is 103 Å². The van der Waals surface area contributed by atoms with Crippen molar-refractivity contribution in [2.24, 2.45) is 5.73 Å². The quantitative estimate of drug-likeness (QED) is 0.870. The van der Waals surface area contributed by atoms with Gasteiger partial charge in [-0.05, 0) is 18.6 Å². The van der Waals surface area contributed by atoms with Crippen LogP contribution in [0.4, 0.5) is 10.1 Å². The van der Waals surface area contributed by atoms with Gasteiger partial charge in [0.15, 0.2) is 0 Å². The van der Waals surface area contributed by atoms with Gasteiger partial charge in [0, 0.05) is 41.4 Å². The number of anilines is 1. The van der Waals surface area contributed by atoms with Gasteiger partial charge in [0.25, 0.3) is 0 Å². The monoisotopic (exact) mass is 256 g/mol. The van der Waals surface area contributed by atoms with Crippen LogP contribution in [-0.2, 0) is 10.8 Å². The molecule has 2 rings (SSSR count). The lowest BCUT2D eigenvalue weighted by molar-refractivity contribution is 0.610. The van der Waals surface area contributed by atoms with Gasteiger partial charge in [0.1, 0.15) is 5.82 Å². The van der Waals surface area contributed by atoms with E-state index in [-0.39, 0.29) is 11.9 Å². The molecule has 3 nitrogen and oxygen atoms in total. The Kier molecular flexibility index (Phi) is 3.79. The zero-order chi connectivity index (χ0) is 12.4. The molecule has 1 aromatic carbocycles. The predicted molar refractivity (Wildman–Crippen MR) is 69.1 cm³/mol. The van der Waals surface area contributed by atoms with Crippen LogP contribution in [0, 0.1) is 5.82 Å². The maximum absolute atomic E-state index is 13.9. The van der Waals surface area contributed by atoms with Gasteiger partial charge < -0.3 is 10.6 Å². The molecule has 17 heavy (non-hydrogen) atoms. The number of para-hydroxylation sites is 1. The van der Waals surface area contributed by atoms with Crippen LogP contribution in [0.5, 0.6) is 0 Å². The van der Waals surface area contributed by atoms with E-state index in [1.165, 1.54) is 6.07 Å². The number of benzene rings is 1. The maximum atomic E-state index is 13.9. The Balaban J connectivity index is 2.33. The fraction of sp³-hybridized carbons (Fsp3) is 0.500. The molecule has 0 amide bonds. The largest absolute Gasteiger partial charge is 0.367 e. The van der Waals surface area contributed by atoms with E-state index in [4.69, 9.17) is 5.73 Å². The summed E-state index contributed by atoms with van der Waals surface area (Å²) in [6.45, 7) is 3.11. The van der Waals surface area contributed by atoms with Gasteiger partial charge in [0.05, 0.1) is 5.69 Å². The van der Waals surface area contributed by atoms with Crippen molar-refractivity contribution < 1.29 is 8.60 Å². The third kappa shape index (κ3) is 2.66. The van der Waals surface area contributed by atoms with Crippen LogP contribution < -0.4 is 10.6 Å². The molecule has 5 heteroatoms. The third-order valence-corrected chi connectivity index (χ3v) is 4.28. The Hall–Kier alpha value is -0.940. The minimum atomic E-state index is -0.754. The zero-order valence-corrected chi connectivity index (χ0v) is 10.7. The van der Waals surface area contributed by atoms with Crippen molar-refractivity contribution in [3.05, 3.63) is 29.6 Å². The van der Waals surface area contributed by atoms with E-state index in [1.54, 1.807) is 6.07 Å². The first-order valence-electron chi connectivity index (χ1n) is 5.73. The van der Waals surface area contributed by atoms with Crippen LogP contribution in [0.2, 0.25) is 0 Å². The van der Waals surface area contributed by atoms with Crippen molar-refractivity contribution >= 4 is 16.5 Å². The summed E-state index contributed by atoms with van der Waals surface area (Å²) in [4.78, 5) is 1.95. The van der Waals surface area contributed by atoms with Crippen LogP contribution in [-0.4, -0.2) is 28.8 Å². The maximum Gasteiger partial charge on any atom is 0.146 e. The average molecular weight is 256 g/mol. The van der Waals surface area contributed by atoms with Crippen molar-refractivity contribution in [2.75, 3.05) is 29.5 Å². The summed E-state index contributed by atoms with van der Waals surface area (Å²) in [7, 11) is -0.754. The molecule has 0 saturated carbocycles. The smallest absolute Gasteiger partial charge is 0.146 e. The molecule has 1 aromatic rings. The molecular weight excluding hydrogens is 239 g/mol. The van der Waals surface area contributed by atoms with Crippen molar-refractivity contribution in [3.8, 4) is 0 Å². The van der Waals surface area contributed by atoms with Crippen molar-refractivity contribution in [1.82, 2.24) is 0 Å². The topological polar surface area (TPSA) is 46.3 Å². The first-order valence-corrected chi connectivity index (χ1v) is 7.22. The minimum Gasteiger partial charge on any atom is -0.367 e. The fourth-order valence-corrected chi connectivity index (χ4v) is 3.15. The Morgan fingerprint density at radius 3 is 2.65 bits per heavy atom. The molecule has 1 fully saturated rings. The van der Waals surface area contributed by atoms with Crippen LogP contribution in [0.15, 0.2) is 18.2 Å². The van der Waals surface area contributed by atoms with Crippen molar-refractivity contribution in [2.45, 2.75) is 13.0 Å². The molecule has 0 unspecified atom stereocenters. The number of nitrogens with two attached hydrogens (primary N) is 1. The molecule has 0 bridgehead atoms. The molecule has 1 aliphatic rings. The number of halogens is 1. The van der Waals surface area contributed by atoms with Crippen LogP contribution in [0.3, 0.4) is 0 Å². The number of nitrogens with zero attached hydrogens (tertiary/aromatic N) is 1. The van der Waals surface area contributed by atoms with E-state index in [1.807, 2.05) is 17.9 Å². The number of hydrogen-bond acceptors (Lipinski definition) is 3. The second kappa shape index (κ2) is 5.14. The SMILES string of the molecule is C[C@H](N)c1cccc(F)c1N1CCS(=O)CC1. The van der Waals surface area contributed by atoms with Gasteiger partial charge >= 0.3 is 0 Å². The summed E-state index contributed by atoms with van der Waals surface area (Å²) < 4.78 is 25.2. The van der Waals surface area contributed by atoms with Gasteiger partial charge in [-0.1, -0.05) is 12.1 Å². The lowest BCUT2D eigenvalue weighted by Crippen LogP contribution is -2.39. The Bertz CT molecular complexity index is 427. The summed E-state index contributed by atoms with van der Waals surface area (Å²) in [5, 5.41) is 0. The normalized spacial score (nSPS) is 19.4. The average Bonchev–Trinajstić information content (AvgIpc) is 2.30. The molecule has 2 N–H and O–H groups in total. The first kappa shape index (κ1) is 12.5. The Morgan fingerprint density at radius 1 is 1.41 bits per heavy atom. The van der Waals surface area contributed by atoms with Gasteiger partial charge in [0.2, 0.25) is 0 Å². The highest BCUT2D eigenvalue weighted by Gasteiger charge is 2.22. The zero-order valence-electron chi connectivity index (χ0n) is 9.86. The molecule has 0 radical (unpaired) electrons. The minimum absolute atomic E-state index is 0.201.